The maximum atomic E-state index is 11.8. The average Bonchev–Trinajstić information content (AvgIpc) is 3.16. The third kappa shape index (κ3) is 3.00. The Morgan fingerprint density at radius 3 is 2.71 bits per heavy atom. The normalized spacial score (nSPS) is 10.5. The highest BCUT2D eigenvalue weighted by atomic mass is 16.5. The first kappa shape index (κ1) is 13.1. The fourth-order valence-corrected chi connectivity index (χ4v) is 1.97. The van der Waals surface area contributed by atoms with Gasteiger partial charge in [-0.25, -0.2) is 0 Å². The van der Waals surface area contributed by atoms with E-state index < -0.39 is 0 Å². The molecule has 0 bridgehead atoms. The summed E-state index contributed by atoms with van der Waals surface area (Å²) in [6, 6.07) is 11.4. The summed E-state index contributed by atoms with van der Waals surface area (Å²) < 4.78 is 4.87. The molecule has 0 saturated carbocycles. The average molecular weight is 282 g/mol. The summed E-state index contributed by atoms with van der Waals surface area (Å²) in [4.78, 5) is 11.8. The fraction of sp³-hybridized carbons (Fsp3) is 0.133. The molecule has 6 nitrogen and oxygen atoms in total. The van der Waals surface area contributed by atoms with Gasteiger partial charge in [-0.1, -0.05) is 29.4 Å². The Morgan fingerprint density at radius 1 is 1.29 bits per heavy atom. The molecule has 0 spiro atoms. The summed E-state index contributed by atoms with van der Waals surface area (Å²) in [5, 5.41) is 13.3. The minimum atomic E-state index is -0.246. The lowest BCUT2D eigenvalue weighted by atomic mass is 10.1. The van der Waals surface area contributed by atoms with Crippen LogP contribution in [0.1, 0.15) is 21.8 Å². The molecule has 0 saturated heterocycles. The zero-order chi connectivity index (χ0) is 14.7. The highest BCUT2D eigenvalue weighted by molar-refractivity contribution is 5.92. The van der Waals surface area contributed by atoms with Crippen LogP contribution in [0.2, 0.25) is 0 Å². The first-order valence-electron chi connectivity index (χ1n) is 6.52. The van der Waals surface area contributed by atoms with Crippen LogP contribution >= 0.6 is 0 Å². The van der Waals surface area contributed by atoms with Crippen LogP contribution in [0.25, 0.3) is 11.3 Å². The third-order valence-corrected chi connectivity index (χ3v) is 3.08. The summed E-state index contributed by atoms with van der Waals surface area (Å²) in [5.74, 6) is 0.369. The number of rotatable bonds is 4. The van der Waals surface area contributed by atoms with E-state index in [4.69, 9.17) is 4.52 Å². The lowest BCUT2D eigenvalue weighted by molar-refractivity contribution is 0.0942. The molecule has 106 valence electrons. The van der Waals surface area contributed by atoms with Crippen LogP contribution in [-0.2, 0) is 6.54 Å². The van der Waals surface area contributed by atoms with Crippen LogP contribution in [0.5, 0.6) is 0 Å². The number of carbonyl (C=O) groups excluding carboxylic acids is 1. The van der Waals surface area contributed by atoms with Crippen molar-refractivity contribution in [1.82, 2.24) is 20.7 Å². The van der Waals surface area contributed by atoms with Gasteiger partial charge in [0.2, 0.25) is 0 Å². The van der Waals surface area contributed by atoms with Gasteiger partial charge in [-0.05, 0) is 24.1 Å². The Bertz CT molecular complexity index is 729. The first-order chi connectivity index (χ1) is 10.2. The van der Waals surface area contributed by atoms with Crippen molar-refractivity contribution in [1.29, 1.82) is 0 Å². The molecule has 3 rings (SSSR count). The highest BCUT2D eigenvalue weighted by Crippen LogP contribution is 2.16. The van der Waals surface area contributed by atoms with Gasteiger partial charge in [0.05, 0.1) is 5.69 Å². The molecule has 3 aromatic rings. The monoisotopic (exact) mass is 282 g/mol. The Kier molecular flexibility index (Phi) is 3.51. The van der Waals surface area contributed by atoms with Crippen LogP contribution in [0.3, 0.4) is 0 Å². The predicted octanol–water partition coefficient (Wildman–Crippen LogP) is 2.30. The topological polar surface area (TPSA) is 83.8 Å². The Morgan fingerprint density at radius 2 is 2.10 bits per heavy atom. The van der Waals surface area contributed by atoms with Crippen molar-refractivity contribution in [2.45, 2.75) is 13.5 Å². The van der Waals surface area contributed by atoms with Gasteiger partial charge in [0.1, 0.15) is 5.76 Å². The molecule has 0 aliphatic rings. The molecule has 0 aliphatic carbocycles. The van der Waals surface area contributed by atoms with Gasteiger partial charge in [0.15, 0.2) is 5.69 Å². The van der Waals surface area contributed by atoms with Crippen molar-refractivity contribution in [3.8, 4) is 11.3 Å². The number of hydrogen-bond donors (Lipinski definition) is 2. The van der Waals surface area contributed by atoms with E-state index in [1.165, 1.54) is 0 Å². The van der Waals surface area contributed by atoms with Crippen LogP contribution in [0, 0.1) is 6.92 Å². The van der Waals surface area contributed by atoms with E-state index in [0.29, 0.717) is 18.0 Å². The number of carbonyl (C=O) groups is 1. The van der Waals surface area contributed by atoms with E-state index in [0.717, 1.165) is 16.8 Å². The molecule has 0 fully saturated rings. The van der Waals surface area contributed by atoms with Gasteiger partial charge in [-0.2, -0.15) is 5.10 Å². The molecule has 2 aromatic heterocycles. The second-order valence-corrected chi connectivity index (χ2v) is 4.67. The zero-order valence-corrected chi connectivity index (χ0v) is 11.5. The van der Waals surface area contributed by atoms with E-state index in [2.05, 4.69) is 20.7 Å². The molecular weight excluding hydrogens is 268 g/mol. The number of nitrogens with zero attached hydrogens (tertiary/aromatic N) is 2. The standard InChI is InChI=1S/C15H14N4O2/c1-10-8-14(19-21-10)15(20)16-9-11-2-4-12(5-3-11)13-6-7-17-18-13/h2-8H,9H2,1H3,(H,16,20)(H,17,18). The van der Waals surface area contributed by atoms with Crippen molar-refractivity contribution < 1.29 is 9.32 Å². The van der Waals surface area contributed by atoms with Gasteiger partial charge < -0.3 is 9.84 Å². The number of amides is 1. The van der Waals surface area contributed by atoms with Gasteiger partial charge in [0.25, 0.3) is 5.91 Å². The molecule has 0 aliphatic heterocycles. The highest BCUT2D eigenvalue weighted by Gasteiger charge is 2.10. The largest absolute Gasteiger partial charge is 0.361 e. The smallest absolute Gasteiger partial charge is 0.273 e. The quantitative estimate of drug-likeness (QED) is 0.769. The maximum absolute atomic E-state index is 11.8. The zero-order valence-electron chi connectivity index (χ0n) is 11.5. The lowest BCUT2D eigenvalue weighted by Crippen LogP contribution is -2.22. The van der Waals surface area contributed by atoms with E-state index in [1.807, 2.05) is 30.3 Å². The number of hydrogen-bond acceptors (Lipinski definition) is 4. The van der Waals surface area contributed by atoms with Gasteiger partial charge >= 0.3 is 0 Å². The van der Waals surface area contributed by atoms with Crippen LogP contribution in [0.4, 0.5) is 0 Å². The van der Waals surface area contributed by atoms with Crippen molar-refractivity contribution in [3.05, 3.63) is 59.6 Å². The molecular formula is C15H14N4O2. The number of aromatic nitrogens is 3. The Labute approximate surface area is 121 Å². The minimum absolute atomic E-state index is 0.246. The summed E-state index contributed by atoms with van der Waals surface area (Å²) in [6.45, 7) is 2.19. The molecule has 1 amide bonds. The van der Waals surface area contributed by atoms with Crippen molar-refractivity contribution in [2.75, 3.05) is 0 Å². The predicted molar refractivity (Wildman–Crippen MR) is 76.4 cm³/mol. The second kappa shape index (κ2) is 5.62. The molecule has 0 radical (unpaired) electrons. The number of H-pyrrole nitrogens is 1. The van der Waals surface area contributed by atoms with Gasteiger partial charge in [-0.3, -0.25) is 9.89 Å². The first-order valence-corrected chi connectivity index (χ1v) is 6.52. The minimum Gasteiger partial charge on any atom is -0.361 e. The Balaban J connectivity index is 1.62. The fourth-order valence-electron chi connectivity index (χ4n) is 1.97. The SMILES string of the molecule is Cc1cc(C(=O)NCc2ccc(-c3ccn[nH]3)cc2)no1. The summed E-state index contributed by atoms with van der Waals surface area (Å²) >= 11 is 0. The van der Waals surface area contributed by atoms with Crippen molar-refractivity contribution >= 4 is 5.91 Å². The summed E-state index contributed by atoms with van der Waals surface area (Å²) in [5.41, 5.74) is 3.31. The number of nitrogens with one attached hydrogen (secondary N) is 2. The van der Waals surface area contributed by atoms with Gasteiger partial charge in [0, 0.05) is 18.8 Å². The summed E-state index contributed by atoms with van der Waals surface area (Å²) in [7, 11) is 0. The molecule has 0 unspecified atom stereocenters. The number of benzene rings is 1. The second-order valence-electron chi connectivity index (χ2n) is 4.67. The third-order valence-electron chi connectivity index (χ3n) is 3.08. The number of aryl methyl sites for hydroxylation is 1. The van der Waals surface area contributed by atoms with Crippen molar-refractivity contribution in [2.24, 2.45) is 0 Å². The van der Waals surface area contributed by atoms with Crippen LogP contribution in [0.15, 0.2) is 47.1 Å². The van der Waals surface area contributed by atoms with E-state index in [1.54, 1.807) is 19.2 Å². The maximum Gasteiger partial charge on any atom is 0.273 e. The van der Waals surface area contributed by atoms with E-state index >= 15 is 0 Å². The van der Waals surface area contributed by atoms with Gasteiger partial charge in [-0.15, -0.1) is 0 Å². The molecule has 6 heteroatoms. The number of aromatic amines is 1. The lowest BCUT2D eigenvalue weighted by Gasteiger charge is -2.04. The summed E-state index contributed by atoms with van der Waals surface area (Å²) in [6.07, 6.45) is 1.71. The molecule has 2 N–H and O–H groups in total. The molecule has 2 heterocycles. The van der Waals surface area contributed by atoms with E-state index in [-0.39, 0.29) is 5.91 Å². The van der Waals surface area contributed by atoms with E-state index in [9.17, 15) is 4.79 Å². The molecule has 0 atom stereocenters. The van der Waals surface area contributed by atoms with Crippen LogP contribution < -0.4 is 5.32 Å². The molecule has 1 aromatic carbocycles. The Hall–Kier alpha value is -2.89. The van der Waals surface area contributed by atoms with Crippen molar-refractivity contribution in [3.63, 3.8) is 0 Å². The molecule has 21 heavy (non-hydrogen) atoms. The van der Waals surface area contributed by atoms with Crippen LogP contribution in [-0.4, -0.2) is 21.3 Å².